The lowest BCUT2D eigenvalue weighted by Gasteiger charge is -2.42. The van der Waals surface area contributed by atoms with Crippen LogP contribution in [0.3, 0.4) is 0 Å². The van der Waals surface area contributed by atoms with Gasteiger partial charge in [-0.2, -0.15) is 0 Å². The monoisotopic (exact) mass is 278 g/mol. The Kier molecular flexibility index (Phi) is 4.45. The Morgan fingerprint density at radius 1 is 1.30 bits per heavy atom. The van der Waals surface area contributed by atoms with E-state index < -0.39 is 17.2 Å². The Balaban J connectivity index is 1.89. The molecule has 110 valence electrons. The van der Waals surface area contributed by atoms with Crippen molar-refractivity contribution in [3.05, 3.63) is 35.9 Å². The van der Waals surface area contributed by atoms with Crippen molar-refractivity contribution in [2.45, 2.75) is 50.9 Å². The van der Waals surface area contributed by atoms with E-state index in [0.717, 1.165) is 18.4 Å². The number of rotatable bonds is 5. The number of ether oxygens (including phenoxy) is 2. The van der Waals surface area contributed by atoms with Gasteiger partial charge in [0.25, 0.3) is 0 Å². The molecular formula is C16H22O4. The predicted octanol–water partition coefficient (Wildman–Crippen LogP) is 3.01. The minimum absolute atomic E-state index is 0.408. The summed E-state index contributed by atoms with van der Waals surface area (Å²) in [6.07, 6.45) is 2.22. The Labute approximate surface area is 119 Å². The van der Waals surface area contributed by atoms with Gasteiger partial charge in [0, 0.05) is 0 Å². The third-order valence-corrected chi connectivity index (χ3v) is 3.80. The third-order valence-electron chi connectivity index (χ3n) is 3.80. The molecule has 0 amide bonds. The third kappa shape index (κ3) is 3.58. The summed E-state index contributed by atoms with van der Waals surface area (Å²) < 4.78 is 11.6. The highest BCUT2D eigenvalue weighted by molar-refractivity contribution is 5.77. The Morgan fingerprint density at radius 2 is 2.00 bits per heavy atom. The van der Waals surface area contributed by atoms with Crippen LogP contribution in [0.4, 0.5) is 0 Å². The molecule has 1 heterocycles. The average Bonchev–Trinajstić information content (AvgIpc) is 2.39. The lowest BCUT2D eigenvalue weighted by molar-refractivity contribution is -0.213. The molecular weight excluding hydrogens is 256 g/mol. The van der Waals surface area contributed by atoms with Gasteiger partial charge in [-0.1, -0.05) is 30.3 Å². The number of carboxylic acids is 1. The summed E-state index contributed by atoms with van der Waals surface area (Å²) in [6.45, 7) is 4.50. The molecule has 0 spiro atoms. The normalized spacial score (nSPS) is 30.1. The topological polar surface area (TPSA) is 55.8 Å². The van der Waals surface area contributed by atoms with Gasteiger partial charge in [0.1, 0.15) is 0 Å². The summed E-state index contributed by atoms with van der Waals surface area (Å²) in [5, 5.41) is 9.27. The Morgan fingerprint density at radius 3 is 2.65 bits per heavy atom. The molecule has 1 aliphatic heterocycles. The van der Waals surface area contributed by atoms with Crippen molar-refractivity contribution in [1.29, 1.82) is 0 Å². The van der Waals surface area contributed by atoms with Crippen molar-refractivity contribution >= 4 is 5.97 Å². The molecule has 0 aromatic heterocycles. The molecule has 0 bridgehead atoms. The largest absolute Gasteiger partial charge is 0.479 e. The van der Waals surface area contributed by atoms with Crippen LogP contribution in [0.5, 0.6) is 0 Å². The summed E-state index contributed by atoms with van der Waals surface area (Å²) in [6, 6.07) is 9.92. The van der Waals surface area contributed by atoms with Crippen molar-refractivity contribution in [2.24, 2.45) is 0 Å². The van der Waals surface area contributed by atoms with Crippen LogP contribution in [0.25, 0.3) is 0 Å². The molecule has 4 heteroatoms. The first-order chi connectivity index (χ1) is 9.44. The van der Waals surface area contributed by atoms with E-state index in [9.17, 15) is 9.90 Å². The molecule has 2 rings (SSSR count). The summed E-state index contributed by atoms with van der Waals surface area (Å²) in [7, 11) is 0. The Hall–Kier alpha value is -1.39. The van der Waals surface area contributed by atoms with Gasteiger partial charge in [-0.3, -0.25) is 0 Å². The van der Waals surface area contributed by atoms with E-state index in [1.54, 1.807) is 6.92 Å². The van der Waals surface area contributed by atoms with E-state index in [1.807, 2.05) is 37.3 Å². The van der Waals surface area contributed by atoms with Crippen LogP contribution in [0, 0.1) is 0 Å². The van der Waals surface area contributed by atoms with E-state index in [4.69, 9.17) is 9.47 Å². The summed E-state index contributed by atoms with van der Waals surface area (Å²) >= 11 is 0. The zero-order valence-corrected chi connectivity index (χ0v) is 12.1. The van der Waals surface area contributed by atoms with Crippen LogP contribution in [-0.2, 0) is 20.9 Å². The maximum absolute atomic E-state index is 11.3. The van der Waals surface area contributed by atoms with Gasteiger partial charge in [0.15, 0.2) is 5.60 Å². The highest BCUT2D eigenvalue weighted by Crippen LogP contribution is 2.35. The van der Waals surface area contributed by atoms with Crippen molar-refractivity contribution in [2.75, 3.05) is 6.61 Å². The second kappa shape index (κ2) is 5.94. The van der Waals surface area contributed by atoms with Crippen molar-refractivity contribution in [1.82, 2.24) is 0 Å². The quantitative estimate of drug-likeness (QED) is 0.899. The standard InChI is InChI=1S/C16H22O4/c1-15(9-6-10-16(2,20-15)14(17)18)12-19-11-13-7-4-3-5-8-13/h3-5,7-8H,6,9-12H2,1-2H3,(H,17,18). The average molecular weight is 278 g/mol. The first-order valence-electron chi connectivity index (χ1n) is 6.99. The van der Waals surface area contributed by atoms with Gasteiger partial charge in [-0.05, 0) is 38.7 Å². The highest BCUT2D eigenvalue weighted by Gasteiger charge is 2.45. The van der Waals surface area contributed by atoms with Crippen molar-refractivity contribution < 1.29 is 19.4 Å². The molecule has 2 atom stereocenters. The number of benzene rings is 1. The zero-order chi connectivity index (χ0) is 14.6. The van der Waals surface area contributed by atoms with Crippen LogP contribution < -0.4 is 0 Å². The van der Waals surface area contributed by atoms with Gasteiger partial charge in [0.2, 0.25) is 0 Å². The van der Waals surface area contributed by atoms with E-state index in [2.05, 4.69) is 0 Å². The summed E-state index contributed by atoms with van der Waals surface area (Å²) in [5.41, 5.74) is -0.517. The second-order valence-electron chi connectivity index (χ2n) is 5.92. The number of carbonyl (C=O) groups is 1. The van der Waals surface area contributed by atoms with E-state index in [0.29, 0.717) is 19.6 Å². The molecule has 0 saturated carbocycles. The molecule has 4 nitrogen and oxygen atoms in total. The fourth-order valence-corrected chi connectivity index (χ4v) is 2.66. The van der Waals surface area contributed by atoms with Crippen LogP contribution >= 0.6 is 0 Å². The van der Waals surface area contributed by atoms with Gasteiger partial charge >= 0.3 is 5.97 Å². The van der Waals surface area contributed by atoms with Crippen LogP contribution in [0.2, 0.25) is 0 Å². The van der Waals surface area contributed by atoms with Gasteiger partial charge < -0.3 is 14.6 Å². The SMILES string of the molecule is CC1(COCc2ccccc2)CCCC(C)(C(=O)O)O1. The molecule has 1 fully saturated rings. The lowest BCUT2D eigenvalue weighted by atomic mass is 9.87. The number of hydrogen-bond acceptors (Lipinski definition) is 3. The highest BCUT2D eigenvalue weighted by atomic mass is 16.6. The van der Waals surface area contributed by atoms with Crippen LogP contribution in [0.15, 0.2) is 30.3 Å². The first-order valence-corrected chi connectivity index (χ1v) is 6.99. The molecule has 20 heavy (non-hydrogen) atoms. The van der Waals surface area contributed by atoms with Crippen LogP contribution in [0.1, 0.15) is 38.7 Å². The molecule has 1 aliphatic rings. The number of hydrogen-bond donors (Lipinski definition) is 1. The van der Waals surface area contributed by atoms with E-state index in [1.165, 1.54) is 0 Å². The predicted molar refractivity (Wildman–Crippen MR) is 75.5 cm³/mol. The van der Waals surface area contributed by atoms with Crippen molar-refractivity contribution in [3.8, 4) is 0 Å². The second-order valence-corrected chi connectivity index (χ2v) is 5.92. The molecule has 0 radical (unpaired) electrons. The minimum Gasteiger partial charge on any atom is -0.479 e. The van der Waals surface area contributed by atoms with Gasteiger partial charge in [0.05, 0.1) is 18.8 Å². The number of aliphatic carboxylic acids is 1. The van der Waals surface area contributed by atoms with E-state index >= 15 is 0 Å². The fraction of sp³-hybridized carbons (Fsp3) is 0.562. The molecule has 2 unspecified atom stereocenters. The molecule has 1 N–H and O–H groups in total. The first kappa shape index (κ1) is 15.0. The minimum atomic E-state index is -1.09. The molecule has 0 aliphatic carbocycles. The fourth-order valence-electron chi connectivity index (χ4n) is 2.66. The number of carboxylic acid groups (broad SMARTS) is 1. The van der Waals surface area contributed by atoms with Gasteiger partial charge in [-0.15, -0.1) is 0 Å². The summed E-state index contributed by atoms with van der Waals surface area (Å²) in [4.78, 5) is 11.3. The maximum atomic E-state index is 11.3. The van der Waals surface area contributed by atoms with Crippen molar-refractivity contribution in [3.63, 3.8) is 0 Å². The zero-order valence-electron chi connectivity index (χ0n) is 12.1. The smallest absolute Gasteiger partial charge is 0.335 e. The maximum Gasteiger partial charge on any atom is 0.335 e. The Bertz CT molecular complexity index is 459. The molecule has 1 aromatic carbocycles. The van der Waals surface area contributed by atoms with Gasteiger partial charge in [-0.25, -0.2) is 4.79 Å². The lowest BCUT2D eigenvalue weighted by Crippen LogP contribution is -2.52. The molecule has 1 saturated heterocycles. The van der Waals surface area contributed by atoms with Crippen LogP contribution in [-0.4, -0.2) is 28.9 Å². The molecule has 1 aromatic rings. The van der Waals surface area contributed by atoms with E-state index in [-0.39, 0.29) is 0 Å². The summed E-state index contributed by atoms with van der Waals surface area (Å²) in [5.74, 6) is -0.897.